The summed E-state index contributed by atoms with van der Waals surface area (Å²) in [6.45, 7) is 2.34. The Morgan fingerprint density at radius 1 is 1.43 bits per heavy atom. The Balaban J connectivity index is 2.98. The zero-order chi connectivity index (χ0) is 10.6. The highest BCUT2D eigenvalue weighted by molar-refractivity contribution is 5.39. The average Bonchev–Trinajstić information content (AvgIpc) is 2.18. The van der Waals surface area contributed by atoms with Crippen LogP contribution in [0.15, 0.2) is 12.3 Å². The van der Waals surface area contributed by atoms with E-state index >= 15 is 0 Å². The zero-order valence-corrected chi connectivity index (χ0v) is 8.10. The van der Waals surface area contributed by atoms with Crippen molar-refractivity contribution in [2.45, 2.75) is 13.2 Å². The van der Waals surface area contributed by atoms with E-state index in [1.807, 2.05) is 6.92 Å². The third-order valence-electron chi connectivity index (χ3n) is 1.64. The molecule has 0 aliphatic carbocycles. The lowest BCUT2D eigenvalue weighted by Gasteiger charge is -2.10. The van der Waals surface area contributed by atoms with Crippen LogP contribution in [-0.2, 0) is 0 Å². The van der Waals surface area contributed by atoms with Crippen LogP contribution in [0.4, 0.5) is 0 Å². The molecule has 0 saturated carbocycles. The third-order valence-corrected chi connectivity index (χ3v) is 1.64. The number of aromatic nitrogens is 1. The van der Waals surface area contributed by atoms with Crippen molar-refractivity contribution in [3.63, 3.8) is 0 Å². The van der Waals surface area contributed by atoms with Gasteiger partial charge in [0.15, 0.2) is 17.8 Å². The molecule has 0 spiro atoms. The first kappa shape index (κ1) is 10.7. The second-order valence-corrected chi connectivity index (χ2v) is 2.57. The Labute approximate surface area is 81.9 Å². The molecule has 0 aromatic carbocycles. The molecule has 2 N–H and O–H groups in total. The van der Waals surface area contributed by atoms with Gasteiger partial charge in [-0.15, -0.1) is 0 Å². The Morgan fingerprint density at radius 2 is 2.14 bits per heavy atom. The van der Waals surface area contributed by atoms with Crippen LogP contribution in [0, 0.1) is 0 Å². The molecular weight excluding hydrogens is 186 g/mol. The maximum Gasteiger partial charge on any atom is 0.196 e. The van der Waals surface area contributed by atoms with E-state index in [4.69, 9.17) is 19.7 Å². The van der Waals surface area contributed by atoms with Crippen LogP contribution in [0.25, 0.3) is 0 Å². The molecule has 0 fully saturated rings. The second-order valence-electron chi connectivity index (χ2n) is 2.57. The lowest BCUT2D eigenvalue weighted by molar-refractivity contribution is -0.0460. The molecule has 0 aliphatic heterocycles. The van der Waals surface area contributed by atoms with Gasteiger partial charge in [0.05, 0.1) is 25.6 Å². The number of hydrogen-bond donors (Lipinski definition) is 2. The number of nitrogens with zero attached hydrogens (tertiary/aromatic N) is 1. The Kier molecular flexibility index (Phi) is 3.67. The van der Waals surface area contributed by atoms with Gasteiger partial charge < -0.3 is 19.7 Å². The topological polar surface area (TPSA) is 71.8 Å². The fraction of sp³-hybridized carbons (Fsp3) is 0.444. The number of pyridine rings is 1. The van der Waals surface area contributed by atoms with Crippen molar-refractivity contribution >= 4 is 0 Å². The quantitative estimate of drug-likeness (QED) is 0.690. The fourth-order valence-electron chi connectivity index (χ4n) is 1.00. The van der Waals surface area contributed by atoms with Crippen molar-refractivity contribution in [3.8, 4) is 11.5 Å². The molecule has 5 heteroatoms. The summed E-state index contributed by atoms with van der Waals surface area (Å²) in [6, 6.07) is 1.43. The molecule has 0 amide bonds. The van der Waals surface area contributed by atoms with Crippen LogP contribution in [-0.4, -0.2) is 28.9 Å². The fourth-order valence-corrected chi connectivity index (χ4v) is 1.00. The zero-order valence-electron chi connectivity index (χ0n) is 8.10. The molecular formula is C9H13NO4. The number of ether oxygens (including phenoxy) is 2. The monoisotopic (exact) mass is 199 g/mol. The standard InChI is InChI=1S/C9H13NO4/c1-3-14-8-5-10-6(9(11)12)4-7(8)13-2/h4-5,9,11-12H,3H2,1-2H3. The SMILES string of the molecule is CCOc1cnc(C(O)O)cc1OC. The molecule has 1 aromatic heterocycles. The van der Waals surface area contributed by atoms with Crippen molar-refractivity contribution < 1.29 is 19.7 Å². The molecule has 1 rings (SSSR count). The van der Waals surface area contributed by atoms with Crippen molar-refractivity contribution in [2.75, 3.05) is 13.7 Å². The van der Waals surface area contributed by atoms with Crippen molar-refractivity contribution in [1.29, 1.82) is 0 Å². The number of rotatable bonds is 4. The van der Waals surface area contributed by atoms with Gasteiger partial charge in [-0.3, -0.25) is 4.98 Å². The number of aliphatic hydroxyl groups is 2. The lowest BCUT2D eigenvalue weighted by atomic mass is 10.3. The number of aliphatic hydroxyl groups excluding tert-OH is 1. The van der Waals surface area contributed by atoms with Crippen LogP contribution in [0.1, 0.15) is 18.9 Å². The van der Waals surface area contributed by atoms with E-state index in [0.29, 0.717) is 18.1 Å². The summed E-state index contributed by atoms with van der Waals surface area (Å²) in [7, 11) is 1.48. The highest BCUT2D eigenvalue weighted by Gasteiger charge is 2.10. The van der Waals surface area contributed by atoms with Crippen LogP contribution in [0.3, 0.4) is 0 Å². The summed E-state index contributed by atoms with van der Waals surface area (Å²) in [5, 5.41) is 17.7. The van der Waals surface area contributed by atoms with Gasteiger partial charge in [0, 0.05) is 6.07 Å². The van der Waals surface area contributed by atoms with E-state index in [1.165, 1.54) is 19.4 Å². The largest absolute Gasteiger partial charge is 0.493 e. The van der Waals surface area contributed by atoms with E-state index in [1.54, 1.807) is 0 Å². The molecule has 0 saturated heterocycles. The minimum absolute atomic E-state index is 0.130. The molecule has 78 valence electrons. The molecule has 0 radical (unpaired) electrons. The van der Waals surface area contributed by atoms with Gasteiger partial charge in [-0.05, 0) is 6.92 Å². The van der Waals surface area contributed by atoms with E-state index in [-0.39, 0.29) is 5.69 Å². The first-order valence-electron chi connectivity index (χ1n) is 4.22. The summed E-state index contributed by atoms with van der Waals surface area (Å²) >= 11 is 0. The molecule has 14 heavy (non-hydrogen) atoms. The summed E-state index contributed by atoms with van der Waals surface area (Å²) in [6.07, 6.45) is -0.198. The van der Waals surface area contributed by atoms with Gasteiger partial charge in [-0.25, -0.2) is 0 Å². The first-order valence-corrected chi connectivity index (χ1v) is 4.22. The lowest BCUT2D eigenvalue weighted by Crippen LogP contribution is -2.02. The van der Waals surface area contributed by atoms with Crippen molar-refractivity contribution in [2.24, 2.45) is 0 Å². The average molecular weight is 199 g/mol. The third kappa shape index (κ3) is 2.34. The molecule has 1 aromatic rings. The highest BCUT2D eigenvalue weighted by atomic mass is 16.5. The normalized spacial score (nSPS) is 10.4. The number of methoxy groups -OCH3 is 1. The van der Waals surface area contributed by atoms with Crippen LogP contribution in [0.5, 0.6) is 11.5 Å². The van der Waals surface area contributed by atoms with Crippen LogP contribution < -0.4 is 9.47 Å². The van der Waals surface area contributed by atoms with E-state index < -0.39 is 6.29 Å². The minimum Gasteiger partial charge on any atom is -0.493 e. The molecule has 5 nitrogen and oxygen atoms in total. The first-order chi connectivity index (χ1) is 6.69. The van der Waals surface area contributed by atoms with E-state index in [9.17, 15) is 0 Å². The number of hydrogen-bond acceptors (Lipinski definition) is 5. The van der Waals surface area contributed by atoms with Gasteiger partial charge in [-0.1, -0.05) is 0 Å². The van der Waals surface area contributed by atoms with E-state index in [2.05, 4.69) is 4.98 Å². The summed E-state index contributed by atoms with van der Waals surface area (Å²) in [4.78, 5) is 3.80. The molecule has 1 heterocycles. The van der Waals surface area contributed by atoms with Crippen molar-refractivity contribution in [3.05, 3.63) is 18.0 Å². The van der Waals surface area contributed by atoms with Gasteiger partial charge in [0.1, 0.15) is 0 Å². The molecule has 0 aliphatic rings. The Morgan fingerprint density at radius 3 is 2.64 bits per heavy atom. The van der Waals surface area contributed by atoms with E-state index in [0.717, 1.165) is 0 Å². The molecule has 0 unspecified atom stereocenters. The van der Waals surface area contributed by atoms with Crippen LogP contribution >= 0.6 is 0 Å². The molecule has 0 atom stereocenters. The molecule has 0 bridgehead atoms. The highest BCUT2D eigenvalue weighted by Crippen LogP contribution is 2.27. The summed E-state index contributed by atoms with van der Waals surface area (Å²) in [5.74, 6) is 0.921. The summed E-state index contributed by atoms with van der Waals surface area (Å²) in [5.41, 5.74) is 0.130. The predicted molar refractivity (Wildman–Crippen MR) is 49.1 cm³/mol. The van der Waals surface area contributed by atoms with Gasteiger partial charge in [0.2, 0.25) is 0 Å². The van der Waals surface area contributed by atoms with Gasteiger partial charge in [-0.2, -0.15) is 0 Å². The Bertz CT molecular complexity index is 301. The maximum absolute atomic E-state index is 8.86. The predicted octanol–water partition coefficient (Wildman–Crippen LogP) is 0.472. The van der Waals surface area contributed by atoms with Crippen LogP contribution in [0.2, 0.25) is 0 Å². The minimum atomic E-state index is -1.60. The Hall–Kier alpha value is -1.33. The van der Waals surface area contributed by atoms with Gasteiger partial charge in [0.25, 0.3) is 0 Å². The second kappa shape index (κ2) is 4.78. The van der Waals surface area contributed by atoms with Crippen molar-refractivity contribution in [1.82, 2.24) is 4.98 Å². The van der Waals surface area contributed by atoms with Gasteiger partial charge >= 0.3 is 0 Å². The smallest absolute Gasteiger partial charge is 0.196 e. The summed E-state index contributed by atoms with van der Waals surface area (Å²) < 4.78 is 10.2. The maximum atomic E-state index is 8.86.